The van der Waals surface area contributed by atoms with Crippen molar-refractivity contribution in [3.05, 3.63) is 70.9 Å². The first-order valence-corrected chi connectivity index (χ1v) is 13.0. The van der Waals surface area contributed by atoms with Crippen LogP contribution in [0.2, 0.25) is 0 Å². The summed E-state index contributed by atoms with van der Waals surface area (Å²) in [6.45, 7) is 4.23. The molecule has 5 aromatic rings. The van der Waals surface area contributed by atoms with Crippen molar-refractivity contribution in [3.63, 3.8) is 0 Å². The Labute approximate surface area is 216 Å². The Morgan fingerprint density at radius 3 is 2.53 bits per heavy atom. The quantitative estimate of drug-likeness (QED) is 0.285. The SMILES string of the molecule is CC(Cl)C(=O)Nc1ccc2sc3c(-c4cccc5c(=O)cc(N6CCOCC6)oc45)cccc3c2c1. The first-order valence-electron chi connectivity index (χ1n) is 11.8. The summed E-state index contributed by atoms with van der Waals surface area (Å²) >= 11 is 7.60. The fourth-order valence-electron chi connectivity index (χ4n) is 4.65. The monoisotopic (exact) mass is 518 g/mol. The predicted molar refractivity (Wildman–Crippen MR) is 148 cm³/mol. The number of morpholine rings is 1. The van der Waals surface area contributed by atoms with Gasteiger partial charge in [0, 0.05) is 56.1 Å². The number of thiophene rings is 1. The number of nitrogens with one attached hydrogen (secondary N) is 1. The molecule has 1 N–H and O–H groups in total. The molecule has 182 valence electrons. The van der Waals surface area contributed by atoms with Crippen LogP contribution in [0.5, 0.6) is 0 Å². The second kappa shape index (κ2) is 9.24. The van der Waals surface area contributed by atoms with E-state index in [0.717, 1.165) is 31.3 Å². The average Bonchev–Trinajstić information content (AvgIpc) is 3.27. The van der Waals surface area contributed by atoms with Crippen LogP contribution < -0.4 is 15.6 Å². The standard InChI is InChI=1S/C28H23ClN2O4S/c1-16(29)28(33)30-17-8-9-24-22(14-17)20-6-3-5-19(27(20)36-24)18-4-2-7-21-23(32)15-25(35-26(18)21)31-10-12-34-13-11-31/h2-9,14-16H,10-13H2,1H3,(H,30,33). The zero-order valence-corrected chi connectivity index (χ0v) is 21.1. The maximum atomic E-state index is 13.0. The number of carbonyl (C=O) groups excluding carboxylic acids is 1. The van der Waals surface area contributed by atoms with Gasteiger partial charge in [0.2, 0.25) is 5.91 Å². The lowest BCUT2D eigenvalue weighted by molar-refractivity contribution is -0.115. The van der Waals surface area contributed by atoms with E-state index in [0.29, 0.717) is 48.8 Å². The average molecular weight is 519 g/mol. The summed E-state index contributed by atoms with van der Waals surface area (Å²) in [6, 6.07) is 19.3. The number of alkyl halides is 1. The zero-order chi connectivity index (χ0) is 24.8. The van der Waals surface area contributed by atoms with Gasteiger partial charge in [0.05, 0.1) is 18.6 Å². The van der Waals surface area contributed by atoms with Crippen LogP contribution in [0.15, 0.2) is 69.9 Å². The Morgan fingerprint density at radius 1 is 1.00 bits per heavy atom. The normalized spacial score (nSPS) is 15.0. The second-order valence-corrected chi connectivity index (χ2v) is 10.5. The lowest BCUT2D eigenvalue weighted by Gasteiger charge is -2.27. The lowest BCUT2D eigenvalue weighted by atomic mass is 10.0. The summed E-state index contributed by atoms with van der Waals surface area (Å²) in [7, 11) is 0. The Morgan fingerprint density at radius 2 is 1.75 bits per heavy atom. The van der Waals surface area contributed by atoms with Gasteiger partial charge < -0.3 is 19.4 Å². The molecule has 2 aromatic heterocycles. The third-order valence-corrected chi connectivity index (χ3v) is 7.90. The zero-order valence-electron chi connectivity index (χ0n) is 19.5. The summed E-state index contributed by atoms with van der Waals surface area (Å²) in [5, 5.41) is 4.94. The highest BCUT2D eigenvalue weighted by Crippen LogP contribution is 2.42. The highest BCUT2D eigenvalue weighted by Gasteiger charge is 2.19. The number of rotatable bonds is 4. The van der Waals surface area contributed by atoms with Crippen molar-refractivity contribution in [2.24, 2.45) is 0 Å². The van der Waals surface area contributed by atoms with Crippen molar-refractivity contribution in [1.29, 1.82) is 0 Å². The molecule has 1 amide bonds. The van der Waals surface area contributed by atoms with Gasteiger partial charge in [0.25, 0.3) is 0 Å². The molecule has 1 atom stereocenters. The number of hydrogen-bond donors (Lipinski definition) is 1. The molecule has 0 bridgehead atoms. The summed E-state index contributed by atoms with van der Waals surface area (Å²) in [6.07, 6.45) is 0. The first kappa shape index (κ1) is 23.0. The molecular weight excluding hydrogens is 496 g/mol. The highest BCUT2D eigenvalue weighted by atomic mass is 35.5. The van der Waals surface area contributed by atoms with Gasteiger partial charge in [-0.2, -0.15) is 0 Å². The number of ether oxygens (including phenoxy) is 1. The summed E-state index contributed by atoms with van der Waals surface area (Å²) < 4.78 is 14.0. The van der Waals surface area contributed by atoms with Crippen LogP contribution in [0.25, 0.3) is 42.3 Å². The van der Waals surface area contributed by atoms with Crippen LogP contribution in [-0.4, -0.2) is 37.6 Å². The number of hydrogen-bond acceptors (Lipinski definition) is 6. The minimum atomic E-state index is -0.616. The van der Waals surface area contributed by atoms with Crippen molar-refractivity contribution in [1.82, 2.24) is 0 Å². The van der Waals surface area contributed by atoms with Gasteiger partial charge >= 0.3 is 0 Å². The van der Waals surface area contributed by atoms with E-state index in [1.54, 1.807) is 24.3 Å². The summed E-state index contributed by atoms with van der Waals surface area (Å²) in [4.78, 5) is 27.2. The van der Waals surface area contributed by atoms with E-state index in [2.05, 4.69) is 22.3 Å². The van der Waals surface area contributed by atoms with Crippen LogP contribution >= 0.6 is 22.9 Å². The smallest absolute Gasteiger partial charge is 0.242 e. The number of amides is 1. The van der Waals surface area contributed by atoms with E-state index in [-0.39, 0.29) is 11.3 Å². The predicted octanol–water partition coefficient (Wildman–Crippen LogP) is 6.23. The number of para-hydroxylation sites is 1. The van der Waals surface area contributed by atoms with Crippen molar-refractivity contribution < 1.29 is 13.9 Å². The third-order valence-electron chi connectivity index (χ3n) is 6.48. The molecule has 0 radical (unpaired) electrons. The van der Waals surface area contributed by atoms with Crippen LogP contribution in [0.4, 0.5) is 11.6 Å². The number of benzene rings is 3. The number of anilines is 2. The molecule has 1 fully saturated rings. The van der Waals surface area contributed by atoms with Gasteiger partial charge in [0.15, 0.2) is 11.3 Å². The molecule has 1 aliphatic heterocycles. The number of halogens is 1. The first-order chi connectivity index (χ1) is 17.5. The molecule has 3 aromatic carbocycles. The number of fused-ring (bicyclic) bond motifs is 4. The molecule has 1 aliphatic rings. The minimum Gasteiger partial charge on any atom is -0.440 e. The van der Waals surface area contributed by atoms with Crippen LogP contribution in [0.1, 0.15) is 6.92 Å². The van der Waals surface area contributed by atoms with Crippen molar-refractivity contribution in [3.8, 4) is 11.1 Å². The van der Waals surface area contributed by atoms with E-state index in [1.165, 1.54) is 0 Å². The van der Waals surface area contributed by atoms with Crippen LogP contribution in [0, 0.1) is 0 Å². The van der Waals surface area contributed by atoms with Gasteiger partial charge in [-0.3, -0.25) is 9.59 Å². The van der Waals surface area contributed by atoms with E-state index in [1.807, 2.05) is 42.5 Å². The minimum absolute atomic E-state index is 0.0583. The molecule has 0 aliphatic carbocycles. The molecule has 6 rings (SSSR count). The van der Waals surface area contributed by atoms with Crippen LogP contribution in [-0.2, 0) is 9.53 Å². The highest BCUT2D eigenvalue weighted by molar-refractivity contribution is 7.26. The van der Waals surface area contributed by atoms with Gasteiger partial charge in [-0.05, 0) is 31.2 Å². The maximum absolute atomic E-state index is 13.0. The van der Waals surface area contributed by atoms with Crippen molar-refractivity contribution in [2.45, 2.75) is 12.3 Å². The Kier molecular flexibility index (Phi) is 5.91. The Hall–Kier alpha value is -3.39. The lowest BCUT2D eigenvalue weighted by Crippen LogP contribution is -2.36. The van der Waals surface area contributed by atoms with E-state index in [4.69, 9.17) is 20.8 Å². The Balaban J connectivity index is 1.52. The molecule has 1 saturated heterocycles. The number of carbonyl (C=O) groups is 1. The summed E-state index contributed by atoms with van der Waals surface area (Å²) in [5.41, 5.74) is 3.11. The van der Waals surface area contributed by atoms with E-state index < -0.39 is 5.38 Å². The third kappa shape index (κ3) is 4.03. The molecule has 1 unspecified atom stereocenters. The molecule has 3 heterocycles. The van der Waals surface area contributed by atoms with Crippen molar-refractivity contribution >= 4 is 71.6 Å². The summed E-state index contributed by atoms with van der Waals surface area (Å²) in [5.74, 6) is 0.332. The second-order valence-electron chi connectivity index (χ2n) is 8.83. The fourth-order valence-corrected chi connectivity index (χ4v) is 5.91. The molecule has 6 nitrogen and oxygen atoms in total. The molecule has 36 heavy (non-hydrogen) atoms. The molecule has 0 spiro atoms. The van der Waals surface area contributed by atoms with Gasteiger partial charge in [-0.15, -0.1) is 22.9 Å². The van der Waals surface area contributed by atoms with Gasteiger partial charge in [-0.25, -0.2) is 0 Å². The molecule has 0 saturated carbocycles. The van der Waals surface area contributed by atoms with Crippen LogP contribution in [0.3, 0.4) is 0 Å². The largest absolute Gasteiger partial charge is 0.440 e. The molecular formula is C28H23ClN2O4S. The fraction of sp³-hybridized carbons (Fsp3) is 0.214. The van der Waals surface area contributed by atoms with Gasteiger partial charge in [-0.1, -0.05) is 30.3 Å². The Bertz CT molecular complexity index is 1680. The number of nitrogens with zero attached hydrogens (tertiary/aromatic N) is 1. The molecule has 8 heteroatoms. The van der Waals surface area contributed by atoms with Crippen molar-refractivity contribution in [2.75, 3.05) is 36.5 Å². The topological polar surface area (TPSA) is 71.8 Å². The van der Waals surface area contributed by atoms with E-state index in [9.17, 15) is 9.59 Å². The van der Waals surface area contributed by atoms with E-state index >= 15 is 0 Å². The maximum Gasteiger partial charge on any atom is 0.242 e. The van der Waals surface area contributed by atoms with Gasteiger partial charge in [0.1, 0.15) is 11.0 Å².